The zero-order valence-electron chi connectivity index (χ0n) is 39.9. The van der Waals surface area contributed by atoms with Gasteiger partial charge in [0.1, 0.15) is 0 Å². The molecule has 1 heterocycles. The summed E-state index contributed by atoms with van der Waals surface area (Å²) < 4.78 is 2.42. The lowest BCUT2D eigenvalue weighted by molar-refractivity contribution is 0.401. The molecule has 6 aromatic carbocycles. The quantitative estimate of drug-likeness (QED) is 0.0469. The van der Waals surface area contributed by atoms with E-state index >= 15 is 0 Å². The molecule has 0 saturated heterocycles. The van der Waals surface area contributed by atoms with Crippen LogP contribution in [0.3, 0.4) is 0 Å². The summed E-state index contributed by atoms with van der Waals surface area (Å²) in [7, 11) is -2.86. The van der Waals surface area contributed by atoms with Gasteiger partial charge in [0, 0.05) is 19.8 Å². The molecule has 0 aromatic heterocycles. The fraction of sp³-hybridized carbons (Fsp3) is 0.419. The molecule has 0 radical (unpaired) electrons. The molecule has 2 aliphatic carbocycles. The van der Waals surface area contributed by atoms with E-state index in [0.29, 0.717) is 0 Å². The molecule has 3 aliphatic rings. The van der Waals surface area contributed by atoms with Gasteiger partial charge in [0.2, 0.25) is 0 Å². The lowest BCUT2D eigenvalue weighted by Gasteiger charge is -2.37. The van der Waals surface area contributed by atoms with Crippen molar-refractivity contribution in [2.24, 2.45) is 0 Å². The highest BCUT2D eigenvalue weighted by molar-refractivity contribution is 9.10. The van der Waals surface area contributed by atoms with Crippen LogP contribution in [0.4, 0.5) is 0 Å². The van der Waals surface area contributed by atoms with Crippen molar-refractivity contribution >= 4 is 60.7 Å². The van der Waals surface area contributed by atoms with Gasteiger partial charge in [-0.25, -0.2) is 0 Å². The average molecular weight is 1010 g/mol. The van der Waals surface area contributed by atoms with Crippen LogP contribution < -0.4 is 20.7 Å². The molecular formula is C62H72Br2Si. The zero-order valence-corrected chi connectivity index (χ0v) is 44.1. The van der Waals surface area contributed by atoms with Gasteiger partial charge in [-0.3, -0.25) is 0 Å². The lowest BCUT2D eigenvalue weighted by atomic mass is 9.70. The van der Waals surface area contributed by atoms with Crippen molar-refractivity contribution in [3.8, 4) is 33.4 Å². The second-order valence-corrected chi connectivity index (χ2v) is 25.7. The molecule has 0 unspecified atom stereocenters. The summed E-state index contributed by atoms with van der Waals surface area (Å²) in [5.41, 5.74) is 15.1. The lowest BCUT2D eigenvalue weighted by Crippen LogP contribution is -2.73. The highest BCUT2D eigenvalue weighted by Gasteiger charge is 2.52. The topological polar surface area (TPSA) is 0 Å². The Kier molecular flexibility index (Phi) is 14.6. The van der Waals surface area contributed by atoms with Crippen molar-refractivity contribution in [1.82, 2.24) is 0 Å². The Morgan fingerprint density at radius 1 is 0.338 bits per heavy atom. The van der Waals surface area contributed by atoms with Gasteiger partial charge in [-0.15, -0.1) is 0 Å². The van der Waals surface area contributed by atoms with Crippen LogP contribution in [0.25, 0.3) is 33.4 Å². The molecule has 338 valence electrons. The third-order valence-corrected chi connectivity index (χ3v) is 22.1. The molecule has 3 heteroatoms. The van der Waals surface area contributed by atoms with Gasteiger partial charge in [-0.05, 0) is 126 Å². The third-order valence-electron chi connectivity index (χ3n) is 16.3. The molecule has 65 heavy (non-hydrogen) atoms. The maximum Gasteiger partial charge on any atom is 0.180 e. The molecule has 0 atom stereocenters. The van der Waals surface area contributed by atoms with Gasteiger partial charge in [-0.1, -0.05) is 259 Å². The van der Waals surface area contributed by atoms with Crippen molar-refractivity contribution in [2.45, 2.75) is 167 Å². The van der Waals surface area contributed by atoms with Crippen LogP contribution in [0.15, 0.2) is 130 Å². The van der Waals surface area contributed by atoms with Gasteiger partial charge in [0.05, 0.1) is 0 Å². The van der Waals surface area contributed by atoms with Gasteiger partial charge in [-0.2, -0.15) is 0 Å². The van der Waals surface area contributed by atoms with E-state index in [1.54, 1.807) is 43.0 Å². The summed E-state index contributed by atoms with van der Waals surface area (Å²) in [4.78, 5) is 0. The number of hydrogen-bond donors (Lipinski definition) is 0. The number of unbranched alkanes of at least 4 members (excludes halogenated alkanes) is 12. The Labute approximate surface area is 410 Å². The minimum atomic E-state index is -2.86. The predicted octanol–water partition coefficient (Wildman–Crippen LogP) is 17.0. The van der Waals surface area contributed by atoms with Crippen molar-refractivity contribution in [2.75, 3.05) is 0 Å². The minimum absolute atomic E-state index is 0.00172. The maximum absolute atomic E-state index is 3.99. The normalized spacial score (nSPS) is 15.3. The van der Waals surface area contributed by atoms with Gasteiger partial charge >= 0.3 is 0 Å². The van der Waals surface area contributed by atoms with Crippen LogP contribution in [0, 0.1) is 0 Å². The van der Waals surface area contributed by atoms with E-state index in [9.17, 15) is 0 Å². The van der Waals surface area contributed by atoms with E-state index in [1.807, 2.05) is 0 Å². The fourth-order valence-electron chi connectivity index (χ4n) is 13.2. The number of benzene rings is 6. The molecule has 0 N–H and O–H groups in total. The van der Waals surface area contributed by atoms with Crippen molar-refractivity contribution in [3.05, 3.63) is 153 Å². The second-order valence-electron chi connectivity index (χ2n) is 20.1. The molecule has 0 saturated carbocycles. The molecule has 1 aliphatic heterocycles. The fourth-order valence-corrected chi connectivity index (χ4v) is 19.1. The Bertz CT molecular complexity index is 2410. The van der Waals surface area contributed by atoms with Crippen LogP contribution >= 0.6 is 31.9 Å². The van der Waals surface area contributed by atoms with Crippen molar-refractivity contribution < 1.29 is 0 Å². The van der Waals surface area contributed by atoms with E-state index in [-0.39, 0.29) is 10.8 Å². The van der Waals surface area contributed by atoms with Crippen LogP contribution in [0.1, 0.15) is 178 Å². The minimum Gasteiger partial charge on any atom is -0.0654 e. The second kappa shape index (κ2) is 20.4. The van der Waals surface area contributed by atoms with E-state index in [4.69, 9.17) is 0 Å². The summed E-state index contributed by atoms with van der Waals surface area (Å²) in [5, 5.41) is 6.24. The van der Waals surface area contributed by atoms with E-state index in [2.05, 4.69) is 181 Å². The summed E-state index contributed by atoms with van der Waals surface area (Å²) in [6, 6.07) is 49.7. The molecule has 0 nitrogen and oxygen atoms in total. The number of hydrogen-bond acceptors (Lipinski definition) is 0. The van der Waals surface area contributed by atoms with Crippen LogP contribution in [0.5, 0.6) is 0 Å². The first-order valence-corrected chi connectivity index (χ1v) is 29.6. The highest BCUT2D eigenvalue weighted by atomic mass is 79.9. The van der Waals surface area contributed by atoms with E-state index in [1.165, 1.54) is 171 Å². The van der Waals surface area contributed by atoms with E-state index in [0.717, 1.165) is 0 Å². The molecule has 9 rings (SSSR count). The summed E-state index contributed by atoms with van der Waals surface area (Å²) >= 11 is 7.98. The third kappa shape index (κ3) is 8.24. The van der Waals surface area contributed by atoms with Crippen molar-refractivity contribution in [3.63, 3.8) is 0 Å². The summed E-state index contributed by atoms with van der Waals surface area (Å²) in [6.07, 6.45) is 25.5. The van der Waals surface area contributed by atoms with Crippen LogP contribution in [-0.4, -0.2) is 8.07 Å². The van der Waals surface area contributed by atoms with E-state index < -0.39 is 8.07 Å². The molecular weight excluding hydrogens is 933 g/mol. The van der Waals surface area contributed by atoms with Crippen molar-refractivity contribution in [1.29, 1.82) is 0 Å². The Balaban J connectivity index is 1.30. The first-order chi connectivity index (χ1) is 31.9. The molecule has 0 bridgehead atoms. The standard InChI is InChI=1S/C62H72Br2Si/c1-5-9-13-21-37-61(38-22-14-10-6-2)55-41-45(63)29-33-49(55)51-35-31-47(43-57(51)61)65(59-27-19-17-25-53(59)54-26-18-20-28-60(54)65)48-32-36-52-50-34-30-46(64)42-56(50)62(58(52)44-48,39-23-15-11-7-3)40-24-16-12-8-4/h17-20,25-36,41-44H,5-16,21-24,37-40H2,1-4H3. The Morgan fingerprint density at radius 3 is 1.02 bits per heavy atom. The number of fused-ring (bicyclic) bond motifs is 9. The number of rotatable bonds is 22. The Morgan fingerprint density at radius 2 is 0.662 bits per heavy atom. The summed E-state index contributed by atoms with van der Waals surface area (Å²) in [5.74, 6) is 0. The number of halogens is 2. The monoisotopic (exact) mass is 1000 g/mol. The Hall–Kier alpha value is -3.50. The van der Waals surface area contributed by atoms with Gasteiger partial charge in [0.15, 0.2) is 8.07 Å². The first kappa shape index (κ1) is 46.6. The van der Waals surface area contributed by atoms with Gasteiger partial charge < -0.3 is 0 Å². The maximum atomic E-state index is 3.99. The summed E-state index contributed by atoms with van der Waals surface area (Å²) in [6.45, 7) is 9.41. The van der Waals surface area contributed by atoms with Gasteiger partial charge in [0.25, 0.3) is 0 Å². The first-order valence-electron chi connectivity index (χ1n) is 26.0. The smallest absolute Gasteiger partial charge is 0.0654 e. The van der Waals surface area contributed by atoms with Crippen LogP contribution in [-0.2, 0) is 10.8 Å². The zero-order chi connectivity index (χ0) is 45.0. The largest absolute Gasteiger partial charge is 0.180 e. The molecule has 0 amide bonds. The highest BCUT2D eigenvalue weighted by Crippen LogP contribution is 2.56. The molecule has 6 aromatic rings. The molecule has 0 fully saturated rings. The average Bonchev–Trinajstić information content (AvgIpc) is 3.88. The SMILES string of the molecule is CCCCCCC1(CCCCCC)c2cc(Br)ccc2-c2ccc([Si]3(c4ccc5c(c4)C(CCCCCC)(CCCCCC)c4cc(Br)ccc4-5)c4ccccc4-c4ccccc43)cc21. The predicted molar refractivity (Wildman–Crippen MR) is 292 cm³/mol. The molecule has 0 spiro atoms. The van der Waals surface area contributed by atoms with Crippen LogP contribution in [0.2, 0.25) is 0 Å².